The summed E-state index contributed by atoms with van der Waals surface area (Å²) in [7, 11) is 0. The van der Waals surface area contributed by atoms with Gasteiger partial charge in [0.2, 0.25) is 0 Å². The number of alkyl halides is 3. The number of hydrogen-bond acceptors (Lipinski definition) is 2. The predicted molar refractivity (Wildman–Crippen MR) is 75.9 cm³/mol. The number of halogens is 3. The molecule has 0 amide bonds. The summed E-state index contributed by atoms with van der Waals surface area (Å²) >= 11 is 0. The van der Waals surface area contributed by atoms with Crippen molar-refractivity contribution in [3.8, 4) is 0 Å². The van der Waals surface area contributed by atoms with Crippen molar-refractivity contribution < 1.29 is 17.9 Å². The molecule has 0 unspecified atom stereocenters. The van der Waals surface area contributed by atoms with Gasteiger partial charge in [0.1, 0.15) is 13.3 Å². The fourth-order valence-corrected chi connectivity index (χ4v) is 2.16. The van der Waals surface area contributed by atoms with E-state index in [1.54, 1.807) is 10.8 Å². The van der Waals surface area contributed by atoms with Gasteiger partial charge in [0.05, 0.1) is 5.52 Å². The second kappa shape index (κ2) is 6.49. The molecule has 6 heteroatoms. The van der Waals surface area contributed by atoms with E-state index in [9.17, 15) is 13.2 Å². The number of aromatic nitrogens is 1. The van der Waals surface area contributed by atoms with Crippen LogP contribution in [0.1, 0.15) is 19.4 Å². The highest BCUT2D eigenvalue weighted by Gasteiger charge is 2.27. The van der Waals surface area contributed by atoms with Crippen molar-refractivity contribution in [2.24, 2.45) is 0 Å². The topological polar surface area (TPSA) is 26.2 Å². The van der Waals surface area contributed by atoms with Crippen molar-refractivity contribution in [3.63, 3.8) is 0 Å². The van der Waals surface area contributed by atoms with Gasteiger partial charge in [-0.15, -0.1) is 0 Å². The minimum absolute atomic E-state index is 0.109. The van der Waals surface area contributed by atoms with Crippen LogP contribution in [0.3, 0.4) is 0 Å². The Balaban J connectivity index is 2.16. The maximum Gasteiger partial charge on any atom is 0.411 e. The van der Waals surface area contributed by atoms with Gasteiger partial charge in [-0.25, -0.2) is 0 Å². The summed E-state index contributed by atoms with van der Waals surface area (Å²) in [4.78, 5) is 0. The molecule has 1 N–H and O–H groups in total. The van der Waals surface area contributed by atoms with Crippen molar-refractivity contribution in [2.75, 3.05) is 6.61 Å². The molecule has 1 aromatic carbocycles. The fourth-order valence-electron chi connectivity index (χ4n) is 2.16. The van der Waals surface area contributed by atoms with Crippen LogP contribution in [0.2, 0.25) is 0 Å². The molecule has 116 valence electrons. The summed E-state index contributed by atoms with van der Waals surface area (Å²) in [5.74, 6) is 0. The largest absolute Gasteiger partial charge is 0.411 e. The number of para-hydroxylation sites is 1. The van der Waals surface area contributed by atoms with Crippen molar-refractivity contribution in [2.45, 2.75) is 39.3 Å². The van der Waals surface area contributed by atoms with Crippen LogP contribution in [-0.2, 0) is 18.0 Å². The molecule has 2 rings (SSSR count). The second-order valence-corrected chi connectivity index (χ2v) is 5.27. The lowest BCUT2D eigenvalue weighted by Gasteiger charge is -2.13. The Labute approximate surface area is 121 Å². The summed E-state index contributed by atoms with van der Waals surface area (Å²) in [5, 5.41) is 4.31. The van der Waals surface area contributed by atoms with E-state index in [1.807, 2.05) is 38.1 Å². The third kappa shape index (κ3) is 4.47. The molecule has 1 heterocycles. The van der Waals surface area contributed by atoms with E-state index in [-0.39, 0.29) is 6.73 Å². The van der Waals surface area contributed by atoms with Gasteiger partial charge in [-0.3, -0.25) is 0 Å². The van der Waals surface area contributed by atoms with Crippen LogP contribution in [0.5, 0.6) is 0 Å². The van der Waals surface area contributed by atoms with E-state index in [0.29, 0.717) is 12.6 Å². The summed E-state index contributed by atoms with van der Waals surface area (Å²) < 4.78 is 42.9. The molecular weight excluding hydrogens is 281 g/mol. The molecule has 0 aliphatic heterocycles. The number of nitrogens with one attached hydrogen (secondary N) is 1. The van der Waals surface area contributed by atoms with Crippen molar-refractivity contribution >= 4 is 10.9 Å². The molecule has 0 aliphatic carbocycles. The number of benzene rings is 1. The zero-order chi connectivity index (χ0) is 15.5. The van der Waals surface area contributed by atoms with Crippen LogP contribution in [0.25, 0.3) is 10.9 Å². The lowest BCUT2D eigenvalue weighted by Crippen LogP contribution is -2.22. The zero-order valence-electron chi connectivity index (χ0n) is 12.1. The van der Waals surface area contributed by atoms with Crippen molar-refractivity contribution in [1.82, 2.24) is 9.88 Å². The zero-order valence-corrected chi connectivity index (χ0v) is 12.1. The SMILES string of the molecule is CC(C)NCc1cccc2ccn(COCC(F)(F)F)c12. The van der Waals surface area contributed by atoms with Crippen molar-refractivity contribution in [3.05, 3.63) is 36.0 Å². The molecule has 1 aromatic heterocycles. The summed E-state index contributed by atoms with van der Waals surface area (Å²) in [6.07, 6.45) is -2.55. The van der Waals surface area contributed by atoms with Gasteiger partial charge >= 0.3 is 6.18 Å². The van der Waals surface area contributed by atoms with Gasteiger partial charge in [0, 0.05) is 18.8 Å². The molecule has 3 nitrogen and oxygen atoms in total. The maximum absolute atomic E-state index is 12.1. The highest BCUT2D eigenvalue weighted by molar-refractivity contribution is 5.83. The molecule has 21 heavy (non-hydrogen) atoms. The smallest absolute Gasteiger partial charge is 0.351 e. The Bertz CT molecular complexity index is 590. The first-order valence-corrected chi connectivity index (χ1v) is 6.81. The lowest BCUT2D eigenvalue weighted by atomic mass is 10.1. The van der Waals surface area contributed by atoms with Crippen LogP contribution in [0, 0.1) is 0 Å². The van der Waals surface area contributed by atoms with Crippen LogP contribution in [0.4, 0.5) is 13.2 Å². The van der Waals surface area contributed by atoms with Gasteiger partial charge in [-0.05, 0) is 17.0 Å². The van der Waals surface area contributed by atoms with E-state index in [4.69, 9.17) is 4.74 Å². The Hall–Kier alpha value is -1.53. The van der Waals surface area contributed by atoms with E-state index >= 15 is 0 Å². The molecule has 0 fully saturated rings. The normalized spacial score (nSPS) is 12.5. The molecule has 2 aromatic rings. The van der Waals surface area contributed by atoms with Gasteiger partial charge < -0.3 is 14.6 Å². The Morgan fingerprint density at radius 2 is 2.00 bits per heavy atom. The minimum Gasteiger partial charge on any atom is -0.351 e. The number of ether oxygens (including phenoxy) is 1. The van der Waals surface area contributed by atoms with Crippen LogP contribution in [0.15, 0.2) is 30.5 Å². The van der Waals surface area contributed by atoms with E-state index < -0.39 is 12.8 Å². The van der Waals surface area contributed by atoms with Crippen LogP contribution >= 0.6 is 0 Å². The number of hydrogen-bond donors (Lipinski definition) is 1. The highest BCUT2D eigenvalue weighted by Crippen LogP contribution is 2.21. The fraction of sp³-hybridized carbons (Fsp3) is 0.467. The Morgan fingerprint density at radius 1 is 1.24 bits per heavy atom. The number of rotatable bonds is 6. The standard InChI is InChI=1S/C15H19F3N2O/c1-11(2)19-8-13-5-3-4-12-6-7-20(14(12)13)10-21-9-15(16,17)18/h3-7,11,19H,8-10H2,1-2H3. The molecule has 0 bridgehead atoms. The lowest BCUT2D eigenvalue weighted by molar-refractivity contribution is -0.181. The number of nitrogens with zero attached hydrogens (tertiary/aromatic N) is 1. The van der Waals surface area contributed by atoms with Gasteiger partial charge in [-0.2, -0.15) is 13.2 Å². The van der Waals surface area contributed by atoms with Crippen molar-refractivity contribution in [1.29, 1.82) is 0 Å². The molecular formula is C15H19F3N2O. The first kappa shape index (κ1) is 15.9. The van der Waals surface area contributed by atoms with E-state index in [1.165, 1.54) is 0 Å². The summed E-state index contributed by atoms with van der Waals surface area (Å²) in [6.45, 7) is 3.41. The summed E-state index contributed by atoms with van der Waals surface area (Å²) in [6, 6.07) is 8.07. The van der Waals surface area contributed by atoms with E-state index in [2.05, 4.69) is 5.32 Å². The highest BCUT2D eigenvalue weighted by atomic mass is 19.4. The van der Waals surface area contributed by atoms with Gasteiger partial charge in [-0.1, -0.05) is 32.0 Å². The molecule has 0 saturated heterocycles. The quantitative estimate of drug-likeness (QED) is 0.881. The minimum atomic E-state index is -4.30. The first-order valence-electron chi connectivity index (χ1n) is 6.81. The summed E-state index contributed by atoms with van der Waals surface area (Å²) in [5.41, 5.74) is 1.95. The average Bonchev–Trinajstić information content (AvgIpc) is 2.79. The monoisotopic (exact) mass is 300 g/mol. The second-order valence-electron chi connectivity index (χ2n) is 5.27. The maximum atomic E-state index is 12.1. The number of fused-ring (bicyclic) bond motifs is 1. The first-order chi connectivity index (χ1) is 9.87. The average molecular weight is 300 g/mol. The molecule has 0 spiro atoms. The predicted octanol–water partition coefficient (Wildman–Crippen LogP) is 3.68. The van der Waals surface area contributed by atoms with E-state index in [0.717, 1.165) is 16.5 Å². The van der Waals surface area contributed by atoms with Crippen LogP contribution < -0.4 is 5.32 Å². The Kier molecular flexibility index (Phi) is 4.90. The molecule has 0 saturated carbocycles. The molecule has 0 atom stereocenters. The third-order valence-electron chi connectivity index (χ3n) is 3.07. The molecule has 0 aliphatic rings. The Morgan fingerprint density at radius 3 is 2.67 bits per heavy atom. The van der Waals surface area contributed by atoms with Gasteiger partial charge in [0.25, 0.3) is 0 Å². The third-order valence-corrected chi connectivity index (χ3v) is 3.07. The molecule has 0 radical (unpaired) electrons. The van der Waals surface area contributed by atoms with Crippen LogP contribution in [-0.4, -0.2) is 23.4 Å². The van der Waals surface area contributed by atoms with Gasteiger partial charge in [0.15, 0.2) is 0 Å².